The molecule has 1 fully saturated rings. The zero-order valence-electron chi connectivity index (χ0n) is 10.6. The lowest BCUT2D eigenvalue weighted by atomic mass is 10.3. The van der Waals surface area contributed by atoms with E-state index in [1.807, 2.05) is 6.07 Å². The van der Waals surface area contributed by atoms with E-state index in [0.717, 1.165) is 36.1 Å². The number of rotatable bonds is 5. The zero-order chi connectivity index (χ0) is 13.0. The van der Waals surface area contributed by atoms with Crippen LogP contribution in [0.15, 0.2) is 18.2 Å². The predicted octanol–water partition coefficient (Wildman–Crippen LogP) is 1.20. The van der Waals surface area contributed by atoms with Gasteiger partial charge in [-0.15, -0.1) is 0 Å². The number of benzene rings is 1. The summed E-state index contributed by atoms with van der Waals surface area (Å²) in [5.41, 5.74) is 6.63. The molecule has 0 saturated carbocycles. The molecule has 0 aliphatic carbocycles. The van der Waals surface area contributed by atoms with Crippen molar-refractivity contribution < 1.29 is 10.2 Å². The number of ether oxygens (including phenoxy) is 1. The highest BCUT2D eigenvalue weighted by Crippen LogP contribution is 2.26. The van der Waals surface area contributed by atoms with Crippen molar-refractivity contribution in [2.75, 3.05) is 24.0 Å². The number of hydrogen-bond donors (Lipinski definition) is 1. The molecule has 1 aromatic rings. The Bertz CT molecular complexity index is 409. The summed E-state index contributed by atoms with van der Waals surface area (Å²) >= 11 is 12.0. The highest BCUT2D eigenvalue weighted by Gasteiger charge is 2.18. The van der Waals surface area contributed by atoms with Gasteiger partial charge in [-0.1, -0.05) is 28.6 Å². The first-order valence-corrected chi connectivity index (χ1v) is 8.41. The Balaban J connectivity index is 0.00000180. The SMILES string of the molecule is NC1CCN([CH2][Al][CH2]Oc2ccc(Cl)c(Cl)c2)C1.O. The highest BCUT2D eigenvalue weighted by molar-refractivity contribution is 6.42. The van der Waals surface area contributed by atoms with Crippen LogP contribution >= 0.6 is 23.2 Å². The van der Waals surface area contributed by atoms with Crippen LogP contribution in [0.1, 0.15) is 6.42 Å². The molecular weight excluding hydrogens is 302 g/mol. The Morgan fingerprint density at radius 2 is 2.16 bits per heavy atom. The Kier molecular flexibility index (Phi) is 7.48. The van der Waals surface area contributed by atoms with Gasteiger partial charge in [0.05, 0.1) is 10.0 Å². The topological polar surface area (TPSA) is 70.0 Å². The molecule has 4 N–H and O–H groups in total. The molecule has 0 bridgehead atoms. The Morgan fingerprint density at radius 1 is 1.37 bits per heavy atom. The third-order valence-corrected chi connectivity index (χ3v) is 4.87. The van der Waals surface area contributed by atoms with Gasteiger partial charge in [-0.2, -0.15) is 0 Å². The maximum atomic E-state index is 5.92. The first-order chi connectivity index (χ1) is 8.65. The standard InChI is InChI=1S/C7H5Cl2O.C5H11N2.Al.H2O/c1-10-5-2-3-6(8)7(9)4-5;1-7-3-2-5(6)4-7;;/h2-4H,1H2;5H,1-4,6H2;;1H2. The van der Waals surface area contributed by atoms with E-state index in [1.165, 1.54) is 0 Å². The lowest BCUT2D eigenvalue weighted by Gasteiger charge is -2.14. The van der Waals surface area contributed by atoms with Gasteiger partial charge in [-0.25, -0.2) is 0 Å². The summed E-state index contributed by atoms with van der Waals surface area (Å²) in [4.78, 5) is 2.41. The summed E-state index contributed by atoms with van der Waals surface area (Å²) in [6.45, 7) is 2.15. The van der Waals surface area contributed by atoms with Gasteiger partial charge in [-0.05, 0) is 25.1 Å². The number of likely N-dealkylation sites (tertiary alicyclic amines) is 1. The number of nitrogens with two attached hydrogens (primary N) is 1. The molecule has 19 heavy (non-hydrogen) atoms. The van der Waals surface area contributed by atoms with Crippen molar-refractivity contribution >= 4 is 38.4 Å². The lowest BCUT2D eigenvalue weighted by molar-refractivity contribution is 0.362. The van der Waals surface area contributed by atoms with Crippen molar-refractivity contribution in [1.82, 2.24) is 4.90 Å². The summed E-state index contributed by atoms with van der Waals surface area (Å²) in [7, 11) is 0. The number of hydrogen-bond acceptors (Lipinski definition) is 3. The molecule has 0 spiro atoms. The quantitative estimate of drug-likeness (QED) is 0.655. The minimum atomic E-state index is 0. The zero-order valence-corrected chi connectivity index (χ0v) is 13.3. The second-order valence-electron chi connectivity index (χ2n) is 4.48. The van der Waals surface area contributed by atoms with E-state index in [4.69, 9.17) is 33.7 Å². The average Bonchev–Trinajstić information content (AvgIpc) is 2.75. The molecule has 4 nitrogen and oxygen atoms in total. The van der Waals surface area contributed by atoms with Gasteiger partial charge >= 0.3 is 0 Å². The van der Waals surface area contributed by atoms with Crippen molar-refractivity contribution in [3.8, 4) is 5.75 Å². The Morgan fingerprint density at radius 3 is 2.79 bits per heavy atom. The lowest BCUT2D eigenvalue weighted by Crippen LogP contribution is -2.31. The number of halogens is 2. The van der Waals surface area contributed by atoms with Gasteiger partial charge in [0.15, 0.2) is 0 Å². The summed E-state index contributed by atoms with van der Waals surface area (Å²) in [6.07, 6.45) is 1.12. The first kappa shape index (κ1) is 17.1. The fourth-order valence-electron chi connectivity index (χ4n) is 1.99. The van der Waals surface area contributed by atoms with Crippen LogP contribution in [0.3, 0.4) is 0 Å². The van der Waals surface area contributed by atoms with Crippen LogP contribution < -0.4 is 10.5 Å². The predicted molar refractivity (Wildman–Crippen MR) is 80.4 cm³/mol. The van der Waals surface area contributed by atoms with Crippen LogP contribution in [-0.4, -0.2) is 55.6 Å². The second kappa shape index (κ2) is 8.33. The van der Waals surface area contributed by atoms with Crippen LogP contribution in [0.5, 0.6) is 5.75 Å². The fourth-order valence-corrected chi connectivity index (χ4v) is 3.39. The van der Waals surface area contributed by atoms with E-state index in [1.54, 1.807) is 12.1 Å². The van der Waals surface area contributed by atoms with E-state index in [0.29, 0.717) is 16.1 Å². The van der Waals surface area contributed by atoms with E-state index in [2.05, 4.69) is 4.90 Å². The van der Waals surface area contributed by atoms with E-state index >= 15 is 0 Å². The summed E-state index contributed by atoms with van der Waals surface area (Å²) in [5.74, 6) is 0.787. The third kappa shape index (κ3) is 5.49. The molecule has 2 rings (SSSR count). The maximum absolute atomic E-state index is 5.92. The second-order valence-corrected chi connectivity index (χ2v) is 6.57. The Hall–Kier alpha value is 0.0125. The number of nitrogens with zero attached hydrogens (tertiary/aromatic N) is 1. The summed E-state index contributed by atoms with van der Waals surface area (Å²) in [5, 5.41) is 2.21. The molecule has 7 heteroatoms. The van der Waals surface area contributed by atoms with E-state index in [9.17, 15) is 0 Å². The van der Waals surface area contributed by atoms with Crippen molar-refractivity contribution in [1.29, 1.82) is 0 Å². The van der Waals surface area contributed by atoms with Gasteiger partial charge in [0.25, 0.3) is 15.2 Å². The van der Waals surface area contributed by atoms with Gasteiger partial charge < -0.3 is 20.8 Å². The van der Waals surface area contributed by atoms with Gasteiger partial charge in [0.2, 0.25) is 0 Å². The van der Waals surface area contributed by atoms with Crippen LogP contribution in [-0.2, 0) is 0 Å². The molecule has 1 heterocycles. The molecule has 1 atom stereocenters. The molecule has 0 aromatic heterocycles. The maximum Gasteiger partial charge on any atom is 0.286 e. The summed E-state index contributed by atoms with van der Waals surface area (Å²) in [6, 6.07) is 5.73. The largest absolute Gasteiger partial charge is 0.510 e. The monoisotopic (exact) mass is 319 g/mol. The Labute approximate surface area is 129 Å². The molecule has 1 aliphatic heterocycles. The molecule has 0 amide bonds. The molecule has 1 aromatic carbocycles. The molecule has 1 saturated heterocycles. The minimum absolute atomic E-state index is 0. The van der Waals surface area contributed by atoms with Crippen LogP contribution in [0.4, 0.5) is 0 Å². The summed E-state index contributed by atoms with van der Waals surface area (Å²) < 4.78 is 5.66. The van der Waals surface area contributed by atoms with E-state index in [-0.39, 0.29) is 20.7 Å². The molecule has 1 aliphatic rings. The molecule has 1 unspecified atom stereocenters. The normalized spacial score (nSPS) is 19.0. The molecule has 1 radical (unpaired) electrons. The smallest absolute Gasteiger partial charge is 0.286 e. The van der Waals surface area contributed by atoms with Gasteiger partial charge in [0, 0.05) is 24.1 Å². The molecule has 105 valence electrons. The van der Waals surface area contributed by atoms with Crippen molar-refractivity contribution in [3.05, 3.63) is 28.2 Å². The van der Waals surface area contributed by atoms with Gasteiger partial charge in [-0.3, -0.25) is 0 Å². The first-order valence-electron chi connectivity index (χ1n) is 6.02. The fraction of sp³-hybridized carbons (Fsp3) is 0.500. The van der Waals surface area contributed by atoms with Crippen LogP contribution in [0.2, 0.25) is 10.0 Å². The highest BCUT2D eigenvalue weighted by atomic mass is 35.5. The minimum Gasteiger partial charge on any atom is -0.510 e. The van der Waals surface area contributed by atoms with Crippen molar-refractivity contribution in [2.24, 2.45) is 5.73 Å². The van der Waals surface area contributed by atoms with E-state index < -0.39 is 0 Å². The van der Waals surface area contributed by atoms with Crippen LogP contribution in [0.25, 0.3) is 0 Å². The van der Waals surface area contributed by atoms with Gasteiger partial charge in [0.1, 0.15) is 5.75 Å². The van der Waals surface area contributed by atoms with Crippen molar-refractivity contribution in [3.63, 3.8) is 0 Å². The van der Waals surface area contributed by atoms with Crippen LogP contribution in [0, 0.1) is 0 Å². The average molecular weight is 320 g/mol. The third-order valence-electron chi connectivity index (χ3n) is 2.96. The van der Waals surface area contributed by atoms with Crippen molar-refractivity contribution in [2.45, 2.75) is 12.5 Å². The molecular formula is C12H18AlCl2N2O2.